The van der Waals surface area contributed by atoms with Crippen molar-refractivity contribution in [1.82, 2.24) is 4.98 Å². The quantitative estimate of drug-likeness (QED) is 0.317. The van der Waals surface area contributed by atoms with Gasteiger partial charge in [-0.15, -0.1) is 0 Å². The summed E-state index contributed by atoms with van der Waals surface area (Å²) in [6, 6.07) is 13.0. The Balaban J connectivity index is 1.63. The molecule has 160 valence electrons. The zero-order chi connectivity index (χ0) is 22.4. The third-order valence-electron chi connectivity index (χ3n) is 4.27. The van der Waals surface area contributed by atoms with Gasteiger partial charge in [0.2, 0.25) is 0 Å². The molecule has 0 saturated heterocycles. The number of carbonyl (C=O) groups is 1. The molecule has 3 N–H and O–H groups in total. The zero-order valence-corrected chi connectivity index (χ0v) is 16.4. The van der Waals surface area contributed by atoms with Gasteiger partial charge in [-0.05, 0) is 42.3 Å². The minimum atomic E-state index is -0.764. The molecule has 10 heteroatoms. The van der Waals surface area contributed by atoms with E-state index in [-0.39, 0.29) is 11.4 Å². The summed E-state index contributed by atoms with van der Waals surface area (Å²) in [4.78, 5) is 25.4. The molecule has 9 nitrogen and oxygen atoms in total. The number of halogens is 1. The van der Waals surface area contributed by atoms with Crippen molar-refractivity contribution >= 4 is 23.2 Å². The van der Waals surface area contributed by atoms with Crippen molar-refractivity contribution in [3.63, 3.8) is 0 Å². The van der Waals surface area contributed by atoms with Crippen LogP contribution in [0.1, 0.15) is 5.56 Å². The van der Waals surface area contributed by atoms with Crippen molar-refractivity contribution in [1.29, 1.82) is 0 Å². The summed E-state index contributed by atoms with van der Waals surface area (Å²) < 4.78 is 24.6. The van der Waals surface area contributed by atoms with Crippen LogP contribution in [0.4, 0.5) is 21.6 Å². The Morgan fingerprint density at radius 3 is 2.55 bits per heavy atom. The lowest BCUT2D eigenvalue weighted by molar-refractivity contribution is -0.385. The van der Waals surface area contributed by atoms with Crippen molar-refractivity contribution in [2.45, 2.75) is 12.5 Å². The van der Waals surface area contributed by atoms with E-state index in [4.69, 9.17) is 10.5 Å². The topological polar surface area (TPSA) is 130 Å². The molecule has 0 bridgehead atoms. The molecule has 0 spiro atoms. The molecule has 31 heavy (non-hydrogen) atoms. The van der Waals surface area contributed by atoms with E-state index in [1.54, 1.807) is 30.3 Å². The van der Waals surface area contributed by atoms with Crippen LogP contribution in [0.15, 0.2) is 60.8 Å². The van der Waals surface area contributed by atoms with Gasteiger partial charge in [-0.1, -0.05) is 12.1 Å². The molecule has 1 heterocycles. The van der Waals surface area contributed by atoms with Gasteiger partial charge >= 0.3 is 5.97 Å². The van der Waals surface area contributed by atoms with Gasteiger partial charge in [0.15, 0.2) is 11.6 Å². The van der Waals surface area contributed by atoms with E-state index >= 15 is 0 Å². The van der Waals surface area contributed by atoms with E-state index in [1.165, 1.54) is 31.4 Å². The molecule has 2 aromatic carbocycles. The monoisotopic (exact) mass is 426 g/mol. The third kappa shape index (κ3) is 5.73. The number of hydrogen-bond donors (Lipinski definition) is 2. The number of ether oxygens (including phenoxy) is 2. The molecule has 0 unspecified atom stereocenters. The summed E-state index contributed by atoms with van der Waals surface area (Å²) in [7, 11) is 1.27. The van der Waals surface area contributed by atoms with Crippen LogP contribution in [-0.4, -0.2) is 29.0 Å². The lowest BCUT2D eigenvalue weighted by Crippen LogP contribution is -2.33. The lowest BCUT2D eigenvalue weighted by Gasteiger charge is -2.11. The standard InChI is InChI=1S/C21H19FN4O5/c1-30-21(27)18(23)10-13-2-6-16(7-3-13)31-19-8-4-14(11-17(19)22)25-20-9-5-15(12-24-20)26(28)29/h2-9,11-12,18H,10,23H2,1H3,(H,24,25)/t18-/m0/s1. The van der Waals surface area contributed by atoms with Gasteiger partial charge in [0.1, 0.15) is 23.8 Å². The Morgan fingerprint density at radius 2 is 1.97 bits per heavy atom. The van der Waals surface area contributed by atoms with Crippen LogP contribution in [0, 0.1) is 15.9 Å². The number of rotatable bonds is 8. The van der Waals surface area contributed by atoms with Crippen LogP contribution in [-0.2, 0) is 16.0 Å². The first-order valence-corrected chi connectivity index (χ1v) is 9.13. The Hall–Kier alpha value is -4.05. The van der Waals surface area contributed by atoms with E-state index in [9.17, 15) is 19.3 Å². The molecular weight excluding hydrogens is 407 g/mol. The van der Waals surface area contributed by atoms with Crippen molar-refractivity contribution < 1.29 is 23.6 Å². The number of pyridine rings is 1. The normalized spacial score (nSPS) is 11.5. The molecule has 0 fully saturated rings. The highest BCUT2D eigenvalue weighted by Crippen LogP contribution is 2.28. The lowest BCUT2D eigenvalue weighted by atomic mass is 10.1. The fraction of sp³-hybridized carbons (Fsp3) is 0.143. The zero-order valence-electron chi connectivity index (χ0n) is 16.4. The van der Waals surface area contributed by atoms with E-state index in [0.717, 1.165) is 11.8 Å². The molecule has 0 saturated carbocycles. The summed E-state index contributed by atoms with van der Waals surface area (Å²) in [5.41, 5.74) is 6.80. The van der Waals surface area contributed by atoms with Crippen LogP contribution in [0.3, 0.4) is 0 Å². The fourth-order valence-corrected chi connectivity index (χ4v) is 2.69. The Bertz CT molecular complexity index is 1070. The highest BCUT2D eigenvalue weighted by molar-refractivity contribution is 5.75. The second-order valence-corrected chi connectivity index (χ2v) is 6.51. The van der Waals surface area contributed by atoms with Gasteiger partial charge < -0.3 is 20.5 Å². The maximum absolute atomic E-state index is 14.4. The van der Waals surface area contributed by atoms with Crippen molar-refractivity contribution in [3.05, 3.63) is 82.3 Å². The van der Waals surface area contributed by atoms with E-state index < -0.39 is 22.8 Å². The predicted octanol–water partition coefficient (Wildman–Crippen LogP) is 3.71. The number of nitrogens with one attached hydrogen (secondary N) is 1. The van der Waals surface area contributed by atoms with Gasteiger partial charge in [0.05, 0.1) is 12.0 Å². The van der Waals surface area contributed by atoms with Gasteiger partial charge in [-0.3, -0.25) is 14.9 Å². The minimum absolute atomic E-state index is 0.0150. The van der Waals surface area contributed by atoms with Crippen molar-refractivity contribution in [2.75, 3.05) is 12.4 Å². The molecule has 1 atom stereocenters. The molecule has 0 amide bonds. The number of nitro groups is 1. The number of benzene rings is 2. The number of methoxy groups -OCH3 is 1. The number of anilines is 2. The maximum Gasteiger partial charge on any atom is 0.322 e. The smallest absolute Gasteiger partial charge is 0.322 e. The number of aromatic nitrogens is 1. The first-order valence-electron chi connectivity index (χ1n) is 9.13. The van der Waals surface area contributed by atoms with Crippen LogP contribution in [0.25, 0.3) is 0 Å². The van der Waals surface area contributed by atoms with Gasteiger partial charge in [-0.25, -0.2) is 9.37 Å². The molecule has 0 aliphatic rings. The minimum Gasteiger partial charge on any atom is -0.468 e. The molecule has 1 aromatic heterocycles. The Labute approximate surface area is 176 Å². The maximum atomic E-state index is 14.4. The van der Waals surface area contributed by atoms with Crippen molar-refractivity contribution in [2.24, 2.45) is 5.73 Å². The molecule has 0 radical (unpaired) electrons. The van der Waals surface area contributed by atoms with Crippen LogP contribution in [0.5, 0.6) is 11.5 Å². The van der Waals surface area contributed by atoms with Crippen molar-refractivity contribution in [3.8, 4) is 11.5 Å². The molecule has 3 aromatic rings. The summed E-state index contributed by atoms with van der Waals surface area (Å²) in [6.07, 6.45) is 1.41. The van der Waals surface area contributed by atoms with E-state index in [2.05, 4.69) is 15.0 Å². The predicted molar refractivity (Wildman–Crippen MR) is 111 cm³/mol. The number of carbonyl (C=O) groups excluding carboxylic acids is 1. The van der Waals surface area contributed by atoms with Crippen LogP contribution in [0.2, 0.25) is 0 Å². The highest BCUT2D eigenvalue weighted by atomic mass is 19.1. The van der Waals surface area contributed by atoms with E-state index in [1.807, 2.05) is 0 Å². The Kier molecular flexibility index (Phi) is 6.73. The second-order valence-electron chi connectivity index (χ2n) is 6.51. The summed E-state index contributed by atoms with van der Waals surface area (Å²) in [5, 5.41) is 13.5. The van der Waals surface area contributed by atoms with E-state index in [0.29, 0.717) is 23.7 Å². The molecule has 0 aliphatic carbocycles. The molecule has 3 rings (SSSR count). The first kappa shape index (κ1) is 21.7. The highest BCUT2D eigenvalue weighted by Gasteiger charge is 2.14. The average Bonchev–Trinajstić information content (AvgIpc) is 2.76. The first-order chi connectivity index (χ1) is 14.9. The SMILES string of the molecule is COC(=O)[C@@H](N)Cc1ccc(Oc2ccc(Nc3ccc([N+](=O)[O-])cn3)cc2F)cc1. The summed E-state index contributed by atoms with van der Waals surface area (Å²) in [5.74, 6) is -0.351. The fourth-order valence-electron chi connectivity index (χ4n) is 2.69. The number of nitrogens with zero attached hydrogens (tertiary/aromatic N) is 2. The number of esters is 1. The van der Waals surface area contributed by atoms with Gasteiger partial charge in [0.25, 0.3) is 5.69 Å². The van der Waals surface area contributed by atoms with Gasteiger partial charge in [-0.2, -0.15) is 0 Å². The summed E-state index contributed by atoms with van der Waals surface area (Å²) in [6.45, 7) is 0. The third-order valence-corrected chi connectivity index (χ3v) is 4.27. The molecular formula is C21H19FN4O5. The largest absolute Gasteiger partial charge is 0.468 e. The number of nitrogens with two attached hydrogens (primary N) is 1. The van der Waals surface area contributed by atoms with Crippen LogP contribution >= 0.6 is 0 Å². The second kappa shape index (κ2) is 9.63. The summed E-state index contributed by atoms with van der Waals surface area (Å²) >= 11 is 0. The van der Waals surface area contributed by atoms with Crippen LogP contribution < -0.4 is 15.8 Å². The number of hydrogen-bond acceptors (Lipinski definition) is 8. The van der Waals surface area contributed by atoms with Gasteiger partial charge in [0, 0.05) is 17.8 Å². The Morgan fingerprint density at radius 1 is 1.23 bits per heavy atom. The average molecular weight is 426 g/mol. The molecule has 0 aliphatic heterocycles.